The zero-order chi connectivity index (χ0) is 17.2. The van der Waals surface area contributed by atoms with Crippen LogP contribution in [0.2, 0.25) is 0 Å². The molecule has 0 radical (unpaired) electrons. The first-order valence-corrected chi connectivity index (χ1v) is 7.25. The fraction of sp³-hybridized carbons (Fsp3) is 0.357. The van der Waals surface area contributed by atoms with Gasteiger partial charge in [0.2, 0.25) is 6.34 Å². The van der Waals surface area contributed by atoms with E-state index in [4.69, 9.17) is 5.53 Å². The molecule has 1 fully saturated rings. The number of hydrogen-bond donors (Lipinski definition) is 3. The van der Waals surface area contributed by atoms with Crippen molar-refractivity contribution in [2.45, 2.75) is 30.5 Å². The van der Waals surface area contributed by atoms with Gasteiger partial charge in [0.15, 0.2) is 5.60 Å². The number of nitrogens with one attached hydrogen (secondary N) is 1. The minimum absolute atomic E-state index is 0.0237. The maximum absolute atomic E-state index is 14.4. The van der Waals surface area contributed by atoms with E-state index in [1.807, 2.05) is 0 Å². The zero-order valence-corrected chi connectivity index (χ0v) is 12.6. The number of benzene rings is 1. The van der Waals surface area contributed by atoms with Crippen molar-refractivity contribution in [2.24, 2.45) is 10.3 Å². The first-order valence-electron chi connectivity index (χ1n) is 7.25. The van der Waals surface area contributed by atoms with E-state index in [1.54, 1.807) is 5.32 Å². The van der Waals surface area contributed by atoms with Crippen molar-refractivity contribution in [3.8, 4) is 0 Å². The second kappa shape index (κ2) is 6.13. The largest absolute Gasteiger partial charge is 0.377 e. The Bertz CT molecular complexity index is 760. The van der Waals surface area contributed by atoms with Crippen LogP contribution < -0.4 is 5.32 Å². The van der Waals surface area contributed by atoms with Gasteiger partial charge in [-0.2, -0.15) is 10.6 Å². The van der Waals surface area contributed by atoms with Crippen LogP contribution in [0, 0.1) is 17.2 Å². The molecule has 1 aliphatic rings. The quantitative estimate of drug-likeness (QED) is 0.296. The number of nitrogens with zero attached hydrogens (tertiary/aromatic N) is 5. The summed E-state index contributed by atoms with van der Waals surface area (Å²) in [6, 6.07) is 3.08. The number of halogens is 2. The molecule has 0 bridgehead atoms. The summed E-state index contributed by atoms with van der Waals surface area (Å²) < 4.78 is 29.0. The van der Waals surface area contributed by atoms with E-state index >= 15 is 0 Å². The van der Waals surface area contributed by atoms with Gasteiger partial charge >= 0.3 is 0 Å². The first-order chi connectivity index (χ1) is 11.5. The SMILES string of the molecule is N=N/N=C\[NH2+]C1(C(O)(Cn2cncn2)c2ccc(F)cc2F)CC1. The molecule has 0 spiro atoms. The molecular weight excluding hydrogens is 320 g/mol. The Labute approximate surface area is 135 Å². The van der Waals surface area contributed by atoms with Gasteiger partial charge < -0.3 is 5.11 Å². The van der Waals surface area contributed by atoms with E-state index in [2.05, 4.69) is 20.4 Å². The second-order valence-corrected chi connectivity index (χ2v) is 5.76. The highest BCUT2D eigenvalue weighted by Gasteiger charge is 2.64. The summed E-state index contributed by atoms with van der Waals surface area (Å²) in [6.45, 7) is -0.0576. The Hall–Kier alpha value is -2.59. The van der Waals surface area contributed by atoms with E-state index in [0.717, 1.165) is 12.1 Å². The Kier molecular flexibility index (Phi) is 4.16. The molecule has 24 heavy (non-hydrogen) atoms. The van der Waals surface area contributed by atoms with Crippen LogP contribution in [0.5, 0.6) is 0 Å². The lowest BCUT2D eigenvalue weighted by molar-refractivity contribution is -0.614. The topological polar surface area (TPSA) is 116 Å². The summed E-state index contributed by atoms with van der Waals surface area (Å²) in [5.74, 6) is -1.55. The number of aromatic nitrogens is 3. The number of quaternary nitrogens is 1. The molecule has 0 saturated heterocycles. The highest BCUT2D eigenvalue weighted by atomic mass is 19.1. The number of rotatable bonds is 7. The van der Waals surface area contributed by atoms with E-state index in [1.165, 1.54) is 29.7 Å². The van der Waals surface area contributed by atoms with Crippen molar-refractivity contribution in [3.63, 3.8) is 0 Å². The highest BCUT2D eigenvalue weighted by Crippen LogP contribution is 2.48. The Morgan fingerprint density at radius 1 is 1.46 bits per heavy atom. The second-order valence-electron chi connectivity index (χ2n) is 5.76. The number of aliphatic hydroxyl groups is 1. The summed E-state index contributed by atoms with van der Waals surface area (Å²) in [5, 5.41) is 23.3. The molecule has 2 aromatic rings. The maximum Gasteiger partial charge on any atom is 0.209 e. The minimum atomic E-state index is -1.67. The third kappa shape index (κ3) is 2.81. The average molecular weight is 336 g/mol. The molecule has 1 heterocycles. The Morgan fingerprint density at radius 3 is 2.83 bits per heavy atom. The van der Waals surface area contributed by atoms with Gasteiger partial charge in [-0.15, -0.1) is 0 Å². The van der Waals surface area contributed by atoms with Gasteiger partial charge in [0.25, 0.3) is 0 Å². The minimum Gasteiger partial charge on any atom is -0.377 e. The van der Waals surface area contributed by atoms with Crippen molar-refractivity contribution in [1.82, 2.24) is 14.8 Å². The lowest BCUT2D eigenvalue weighted by Gasteiger charge is -2.34. The lowest BCUT2D eigenvalue weighted by Crippen LogP contribution is -2.95. The number of hydrogen-bond acceptors (Lipinski definition) is 5. The van der Waals surface area contributed by atoms with Crippen molar-refractivity contribution in [1.29, 1.82) is 5.53 Å². The van der Waals surface area contributed by atoms with Crippen LogP contribution in [0.1, 0.15) is 18.4 Å². The first kappa shape index (κ1) is 16.3. The van der Waals surface area contributed by atoms with Gasteiger partial charge in [0.05, 0.1) is 6.54 Å². The van der Waals surface area contributed by atoms with Gasteiger partial charge in [-0.25, -0.2) is 18.4 Å². The van der Waals surface area contributed by atoms with Gasteiger partial charge in [0, 0.05) is 24.5 Å². The van der Waals surface area contributed by atoms with E-state index in [-0.39, 0.29) is 12.1 Å². The molecular formula is C14H16F2N7O+. The van der Waals surface area contributed by atoms with Crippen molar-refractivity contribution in [3.05, 3.63) is 48.1 Å². The van der Waals surface area contributed by atoms with E-state index in [9.17, 15) is 13.9 Å². The number of nitrogens with two attached hydrogens (primary N) is 1. The molecule has 1 aromatic heterocycles. The van der Waals surface area contributed by atoms with Gasteiger partial charge in [-0.05, 0) is 17.4 Å². The van der Waals surface area contributed by atoms with Crippen molar-refractivity contribution >= 4 is 6.34 Å². The molecule has 0 amide bonds. The van der Waals surface area contributed by atoms with Crippen LogP contribution >= 0.6 is 0 Å². The molecule has 1 aliphatic carbocycles. The normalized spacial score (nSPS) is 18.5. The fourth-order valence-corrected chi connectivity index (χ4v) is 2.95. The van der Waals surface area contributed by atoms with Crippen molar-refractivity contribution < 1.29 is 19.2 Å². The molecule has 1 saturated carbocycles. The van der Waals surface area contributed by atoms with Crippen molar-refractivity contribution in [2.75, 3.05) is 0 Å². The predicted octanol–water partition coefficient (Wildman–Crippen LogP) is 0.514. The third-order valence-corrected chi connectivity index (χ3v) is 4.36. The maximum atomic E-state index is 14.4. The van der Waals surface area contributed by atoms with Crippen LogP contribution in [0.4, 0.5) is 8.78 Å². The molecule has 8 nitrogen and oxygen atoms in total. The molecule has 10 heteroatoms. The summed E-state index contributed by atoms with van der Waals surface area (Å²) >= 11 is 0. The monoisotopic (exact) mass is 336 g/mol. The molecule has 126 valence electrons. The summed E-state index contributed by atoms with van der Waals surface area (Å²) in [5.41, 5.74) is 4.19. The van der Waals surface area contributed by atoms with E-state index < -0.39 is 22.8 Å². The molecule has 0 aliphatic heterocycles. The predicted molar refractivity (Wildman–Crippen MR) is 77.8 cm³/mol. The smallest absolute Gasteiger partial charge is 0.209 e. The van der Waals surface area contributed by atoms with Crippen LogP contribution in [-0.2, 0) is 12.1 Å². The molecule has 1 unspecified atom stereocenters. The fourth-order valence-electron chi connectivity index (χ4n) is 2.95. The van der Waals surface area contributed by atoms with Crippen LogP contribution in [0.3, 0.4) is 0 Å². The van der Waals surface area contributed by atoms with Crippen LogP contribution in [0.25, 0.3) is 0 Å². The van der Waals surface area contributed by atoms with Gasteiger partial charge in [-0.3, -0.25) is 5.32 Å². The molecule has 3 rings (SSSR count). The third-order valence-electron chi connectivity index (χ3n) is 4.36. The Morgan fingerprint density at radius 2 is 2.25 bits per heavy atom. The lowest BCUT2D eigenvalue weighted by atomic mass is 9.83. The average Bonchev–Trinajstić information content (AvgIpc) is 3.17. The standard InChI is InChI=1S/C14H15F2N7O/c15-10-1-2-11(12(16)5-10)14(24,6-23-9-18-7-21-23)13(3-4-13)19-8-20-22-17/h1-2,5,7-9,24H,3-4,6H2,(H2,17,19,20)/p+1. The van der Waals surface area contributed by atoms with Gasteiger partial charge in [0.1, 0.15) is 29.8 Å². The summed E-state index contributed by atoms with van der Waals surface area (Å²) in [6.07, 6.45) is 5.19. The zero-order valence-electron chi connectivity index (χ0n) is 12.6. The van der Waals surface area contributed by atoms with Crippen LogP contribution in [0.15, 0.2) is 41.2 Å². The highest BCUT2D eigenvalue weighted by molar-refractivity contribution is 5.43. The molecule has 1 atom stereocenters. The molecule has 4 N–H and O–H groups in total. The van der Waals surface area contributed by atoms with E-state index in [0.29, 0.717) is 12.8 Å². The summed E-state index contributed by atoms with van der Waals surface area (Å²) in [4.78, 5) is 3.83. The van der Waals surface area contributed by atoms with Gasteiger partial charge in [-0.1, -0.05) is 5.10 Å². The Balaban J connectivity index is 2.03. The van der Waals surface area contributed by atoms with Crippen LogP contribution in [-0.4, -0.2) is 31.7 Å². The summed E-state index contributed by atoms with van der Waals surface area (Å²) in [7, 11) is 0. The molecule has 1 aromatic carbocycles.